The Hall–Kier alpha value is -1.46. The van der Waals surface area contributed by atoms with Crippen LogP contribution in [0.25, 0.3) is 10.9 Å². The van der Waals surface area contributed by atoms with Crippen LogP contribution in [0.4, 0.5) is 0 Å². The van der Waals surface area contributed by atoms with Gasteiger partial charge < -0.3 is 15.2 Å². The van der Waals surface area contributed by atoms with Crippen molar-refractivity contribution in [2.24, 2.45) is 5.73 Å². The maximum absolute atomic E-state index is 6.18. The van der Waals surface area contributed by atoms with Gasteiger partial charge in [0.2, 0.25) is 0 Å². The van der Waals surface area contributed by atoms with Gasteiger partial charge in [0.1, 0.15) is 6.10 Å². The van der Waals surface area contributed by atoms with E-state index in [9.17, 15) is 0 Å². The molecule has 0 bridgehead atoms. The van der Waals surface area contributed by atoms with Crippen LogP contribution >= 0.6 is 12.4 Å². The van der Waals surface area contributed by atoms with Crippen molar-refractivity contribution in [1.29, 1.82) is 0 Å². The lowest BCUT2D eigenvalue weighted by Crippen LogP contribution is -2.33. The summed E-state index contributed by atoms with van der Waals surface area (Å²) < 4.78 is 12.1. The van der Waals surface area contributed by atoms with E-state index in [0.717, 1.165) is 54.5 Å². The standard InChI is InChI=1S/C16H23N3O2.ClH/c1-2-8-20-16-13-10-18-19-14(13)6-7-15(16)21-12-5-3-4-11(17)9-12;/h6-7,10-12H,2-5,8-9,17H2,1H3,(H,18,19);1H/t11-,12+;/m0./s1. The molecule has 1 aliphatic carbocycles. The molecule has 1 saturated carbocycles. The van der Waals surface area contributed by atoms with Crippen LogP contribution in [0.2, 0.25) is 0 Å². The summed E-state index contributed by atoms with van der Waals surface area (Å²) in [6.45, 7) is 2.76. The molecule has 0 radical (unpaired) electrons. The highest BCUT2D eigenvalue weighted by Gasteiger charge is 2.22. The van der Waals surface area contributed by atoms with Gasteiger partial charge in [-0.3, -0.25) is 5.10 Å². The molecule has 2 atom stereocenters. The van der Waals surface area contributed by atoms with Crippen molar-refractivity contribution >= 4 is 23.3 Å². The van der Waals surface area contributed by atoms with Crippen molar-refractivity contribution < 1.29 is 9.47 Å². The zero-order chi connectivity index (χ0) is 14.7. The maximum Gasteiger partial charge on any atom is 0.172 e. The van der Waals surface area contributed by atoms with Gasteiger partial charge in [0.25, 0.3) is 0 Å². The summed E-state index contributed by atoms with van der Waals surface area (Å²) in [7, 11) is 0. The van der Waals surface area contributed by atoms with Gasteiger partial charge >= 0.3 is 0 Å². The molecule has 0 amide bonds. The first-order chi connectivity index (χ1) is 10.3. The third kappa shape index (κ3) is 3.65. The van der Waals surface area contributed by atoms with Gasteiger partial charge in [-0.05, 0) is 44.2 Å². The lowest BCUT2D eigenvalue weighted by atomic mass is 9.93. The predicted octanol–water partition coefficient (Wildman–Crippen LogP) is 3.42. The van der Waals surface area contributed by atoms with Crippen molar-refractivity contribution in [3.05, 3.63) is 18.3 Å². The van der Waals surface area contributed by atoms with Crippen molar-refractivity contribution in [2.75, 3.05) is 6.61 Å². The van der Waals surface area contributed by atoms with Crippen LogP contribution in [0.3, 0.4) is 0 Å². The number of aromatic nitrogens is 2. The van der Waals surface area contributed by atoms with Crippen molar-refractivity contribution in [1.82, 2.24) is 10.2 Å². The first-order valence-electron chi connectivity index (χ1n) is 7.79. The van der Waals surface area contributed by atoms with Crippen LogP contribution in [-0.2, 0) is 0 Å². The van der Waals surface area contributed by atoms with E-state index >= 15 is 0 Å². The van der Waals surface area contributed by atoms with E-state index in [1.54, 1.807) is 6.20 Å². The zero-order valence-corrected chi connectivity index (χ0v) is 13.7. The van der Waals surface area contributed by atoms with E-state index in [1.807, 2.05) is 12.1 Å². The molecule has 0 aliphatic heterocycles. The molecular weight excluding hydrogens is 302 g/mol. The Morgan fingerprint density at radius 2 is 2.23 bits per heavy atom. The van der Waals surface area contributed by atoms with Crippen molar-refractivity contribution in [2.45, 2.75) is 51.2 Å². The molecule has 0 saturated heterocycles. The number of H-pyrrole nitrogens is 1. The van der Waals surface area contributed by atoms with E-state index < -0.39 is 0 Å². The Morgan fingerprint density at radius 1 is 1.36 bits per heavy atom. The van der Waals surface area contributed by atoms with Gasteiger partial charge in [0.15, 0.2) is 11.5 Å². The number of rotatable bonds is 5. The molecule has 122 valence electrons. The number of hydrogen-bond donors (Lipinski definition) is 2. The molecule has 3 N–H and O–H groups in total. The number of hydrogen-bond acceptors (Lipinski definition) is 4. The van der Waals surface area contributed by atoms with Crippen molar-refractivity contribution in [3.63, 3.8) is 0 Å². The van der Waals surface area contributed by atoms with Gasteiger partial charge in [-0.25, -0.2) is 0 Å². The van der Waals surface area contributed by atoms with E-state index in [0.29, 0.717) is 6.61 Å². The summed E-state index contributed by atoms with van der Waals surface area (Å²) in [6, 6.07) is 4.20. The number of halogens is 1. The third-order valence-electron chi connectivity index (χ3n) is 3.95. The Labute approximate surface area is 137 Å². The highest BCUT2D eigenvalue weighted by atomic mass is 35.5. The first kappa shape index (κ1) is 16.9. The average Bonchev–Trinajstić information content (AvgIpc) is 2.95. The fourth-order valence-electron chi connectivity index (χ4n) is 2.89. The summed E-state index contributed by atoms with van der Waals surface area (Å²) >= 11 is 0. The molecule has 1 aromatic carbocycles. The fourth-order valence-corrected chi connectivity index (χ4v) is 2.89. The Bertz CT molecular complexity index is 602. The Kier molecular flexibility index (Phi) is 5.91. The minimum atomic E-state index is 0. The van der Waals surface area contributed by atoms with E-state index in [1.165, 1.54) is 0 Å². The molecule has 2 aromatic rings. The molecule has 3 rings (SSSR count). The van der Waals surface area contributed by atoms with Crippen LogP contribution in [0.1, 0.15) is 39.0 Å². The van der Waals surface area contributed by atoms with Crippen LogP contribution in [0.15, 0.2) is 18.3 Å². The van der Waals surface area contributed by atoms with Gasteiger partial charge in [-0.15, -0.1) is 12.4 Å². The fraction of sp³-hybridized carbons (Fsp3) is 0.562. The Morgan fingerprint density at radius 3 is 3.00 bits per heavy atom. The molecular formula is C16H24ClN3O2. The number of fused-ring (bicyclic) bond motifs is 1. The largest absolute Gasteiger partial charge is 0.489 e. The van der Waals surface area contributed by atoms with Crippen LogP contribution in [0, 0.1) is 0 Å². The van der Waals surface area contributed by atoms with Crippen molar-refractivity contribution in [3.8, 4) is 11.5 Å². The molecule has 6 heteroatoms. The summed E-state index contributed by atoms with van der Waals surface area (Å²) in [4.78, 5) is 0. The van der Waals surface area contributed by atoms with E-state index in [-0.39, 0.29) is 24.6 Å². The second kappa shape index (κ2) is 7.70. The second-order valence-electron chi connectivity index (χ2n) is 5.74. The summed E-state index contributed by atoms with van der Waals surface area (Å²) in [5.41, 5.74) is 7.01. The second-order valence-corrected chi connectivity index (χ2v) is 5.74. The molecule has 22 heavy (non-hydrogen) atoms. The zero-order valence-electron chi connectivity index (χ0n) is 12.9. The smallest absolute Gasteiger partial charge is 0.172 e. The summed E-state index contributed by atoms with van der Waals surface area (Å²) in [5.74, 6) is 1.60. The molecule has 5 nitrogen and oxygen atoms in total. The number of ether oxygens (including phenoxy) is 2. The SMILES string of the molecule is CCCOc1c(O[C@@H]2CCC[C@H](N)C2)ccc2[nH]ncc12.Cl. The molecule has 1 fully saturated rings. The average molecular weight is 326 g/mol. The van der Waals surface area contributed by atoms with Crippen LogP contribution < -0.4 is 15.2 Å². The normalized spacial score (nSPS) is 21.4. The first-order valence-corrected chi connectivity index (χ1v) is 7.79. The number of aromatic amines is 1. The number of nitrogens with zero attached hydrogens (tertiary/aromatic N) is 1. The van der Waals surface area contributed by atoms with Crippen LogP contribution in [-0.4, -0.2) is 29.0 Å². The molecule has 1 aliphatic rings. The molecule has 1 aromatic heterocycles. The van der Waals surface area contributed by atoms with Gasteiger partial charge in [-0.2, -0.15) is 5.10 Å². The van der Waals surface area contributed by atoms with E-state index in [2.05, 4.69) is 17.1 Å². The maximum atomic E-state index is 6.18. The van der Waals surface area contributed by atoms with Gasteiger partial charge in [-0.1, -0.05) is 6.92 Å². The monoisotopic (exact) mass is 325 g/mol. The number of nitrogens with two attached hydrogens (primary N) is 1. The molecule has 1 heterocycles. The molecule has 0 spiro atoms. The molecule has 0 unspecified atom stereocenters. The lowest BCUT2D eigenvalue weighted by Gasteiger charge is -2.28. The Balaban J connectivity index is 0.00000176. The predicted molar refractivity (Wildman–Crippen MR) is 90.0 cm³/mol. The lowest BCUT2D eigenvalue weighted by molar-refractivity contribution is 0.138. The highest BCUT2D eigenvalue weighted by molar-refractivity contribution is 5.87. The van der Waals surface area contributed by atoms with E-state index in [4.69, 9.17) is 15.2 Å². The minimum absolute atomic E-state index is 0. The van der Waals surface area contributed by atoms with Gasteiger partial charge in [0.05, 0.1) is 23.7 Å². The quantitative estimate of drug-likeness (QED) is 0.883. The van der Waals surface area contributed by atoms with Gasteiger partial charge in [0, 0.05) is 6.04 Å². The number of nitrogens with one attached hydrogen (secondary N) is 1. The van der Waals surface area contributed by atoms with Crippen LogP contribution in [0.5, 0.6) is 11.5 Å². The minimum Gasteiger partial charge on any atom is -0.489 e. The third-order valence-corrected chi connectivity index (χ3v) is 3.95. The topological polar surface area (TPSA) is 73.2 Å². The summed E-state index contributed by atoms with van der Waals surface area (Å²) in [6.07, 6.45) is 7.13. The number of benzene rings is 1. The summed E-state index contributed by atoms with van der Waals surface area (Å²) in [5, 5.41) is 8.03. The highest BCUT2D eigenvalue weighted by Crippen LogP contribution is 2.37.